The number of thioether (sulfide) groups is 1. The van der Waals surface area contributed by atoms with Crippen LogP contribution < -0.4 is 24.6 Å². The van der Waals surface area contributed by atoms with Gasteiger partial charge >= 0.3 is 11.0 Å². The Balaban J connectivity index is 1.06. The highest BCUT2D eigenvalue weighted by molar-refractivity contribution is 8.00. The van der Waals surface area contributed by atoms with Crippen molar-refractivity contribution in [3.8, 4) is 11.5 Å². The average Bonchev–Trinajstić information content (AvgIpc) is 3.82. The summed E-state index contributed by atoms with van der Waals surface area (Å²) in [4.78, 5) is 58.2. The van der Waals surface area contributed by atoms with Crippen LogP contribution in [0.2, 0.25) is 0 Å². The van der Waals surface area contributed by atoms with Gasteiger partial charge in [0, 0.05) is 21.7 Å². The number of aromatic amines is 1. The molecule has 50 heavy (non-hydrogen) atoms. The van der Waals surface area contributed by atoms with Crippen LogP contribution >= 0.6 is 23.1 Å². The molecule has 258 valence electrons. The zero-order valence-electron chi connectivity index (χ0n) is 26.7. The van der Waals surface area contributed by atoms with Crippen LogP contribution in [0.4, 0.5) is 24.5 Å². The fourth-order valence-electron chi connectivity index (χ4n) is 8.45. The highest BCUT2D eigenvalue weighted by atomic mass is 32.2. The molecule has 3 fully saturated rings. The Hall–Kier alpha value is -4.56. The Labute approximate surface area is 292 Å². The summed E-state index contributed by atoms with van der Waals surface area (Å²) in [6, 6.07) is 17.0. The van der Waals surface area contributed by atoms with E-state index in [-0.39, 0.29) is 57.0 Å². The number of aromatic nitrogens is 1. The molecule has 4 unspecified atom stereocenters. The number of hydrogen-bond donors (Lipinski definition) is 2. The van der Waals surface area contributed by atoms with Crippen LogP contribution in [0.1, 0.15) is 33.9 Å². The molecule has 8 rings (SSSR count). The molecule has 4 aliphatic rings. The summed E-state index contributed by atoms with van der Waals surface area (Å²) < 4.78 is 50.7. The van der Waals surface area contributed by atoms with Crippen LogP contribution in [0.25, 0.3) is 0 Å². The van der Waals surface area contributed by atoms with E-state index in [0.717, 1.165) is 50.9 Å². The lowest BCUT2D eigenvalue weighted by molar-refractivity contribution is -0.137. The first-order chi connectivity index (χ1) is 23.9. The van der Waals surface area contributed by atoms with E-state index >= 15 is 0 Å². The minimum Gasteiger partial charge on any atom is -0.493 e. The molecule has 3 amide bonds. The van der Waals surface area contributed by atoms with Crippen LogP contribution in [0, 0.1) is 36.5 Å². The maximum absolute atomic E-state index is 14.0. The number of amides is 3. The molecule has 0 spiro atoms. The van der Waals surface area contributed by atoms with Crippen molar-refractivity contribution in [1.29, 1.82) is 0 Å². The zero-order valence-corrected chi connectivity index (χ0v) is 28.3. The summed E-state index contributed by atoms with van der Waals surface area (Å²) in [6.45, 7) is 1.47. The Morgan fingerprint density at radius 3 is 2.44 bits per heavy atom. The number of hydrogen-bond acceptors (Lipinski definition) is 8. The normalized spacial score (nSPS) is 26.4. The van der Waals surface area contributed by atoms with Crippen molar-refractivity contribution in [3.05, 3.63) is 98.0 Å². The summed E-state index contributed by atoms with van der Waals surface area (Å²) in [5.41, 5.74) is 1.55. The topological polar surface area (TPSA) is 118 Å². The molecular formula is C36H30F3N3O6S2. The third-order valence-corrected chi connectivity index (χ3v) is 13.0. The van der Waals surface area contributed by atoms with Gasteiger partial charge in [0.25, 0.3) is 5.91 Å². The van der Waals surface area contributed by atoms with Gasteiger partial charge in [-0.2, -0.15) is 13.2 Å². The van der Waals surface area contributed by atoms with Gasteiger partial charge in [-0.15, -0.1) is 11.8 Å². The number of thiazole rings is 1. The van der Waals surface area contributed by atoms with E-state index in [1.54, 1.807) is 23.9 Å². The number of rotatable bonds is 7. The number of nitrogens with one attached hydrogen (secondary N) is 2. The highest BCUT2D eigenvalue weighted by Gasteiger charge is 2.69. The monoisotopic (exact) mass is 721 g/mol. The molecule has 7 atom stereocenters. The van der Waals surface area contributed by atoms with Crippen molar-refractivity contribution in [2.45, 2.75) is 35.7 Å². The quantitative estimate of drug-likeness (QED) is 0.210. The lowest BCUT2D eigenvalue weighted by Gasteiger charge is -2.43. The number of nitrogens with zero attached hydrogens (tertiary/aromatic N) is 1. The number of carbonyl (C=O) groups excluding carboxylic acids is 3. The minimum absolute atomic E-state index is 0.000170. The molecule has 3 aromatic carbocycles. The molecule has 14 heteroatoms. The molecule has 2 saturated carbocycles. The van der Waals surface area contributed by atoms with Crippen LogP contribution in [-0.4, -0.2) is 41.7 Å². The molecule has 9 nitrogen and oxygen atoms in total. The van der Waals surface area contributed by atoms with Crippen molar-refractivity contribution >= 4 is 52.2 Å². The van der Waals surface area contributed by atoms with Gasteiger partial charge in [0.2, 0.25) is 11.8 Å². The number of carbonyl (C=O) groups is 3. The number of aryl methyl sites for hydroxylation is 1. The second-order valence-corrected chi connectivity index (χ2v) is 15.3. The second kappa shape index (κ2) is 12.0. The van der Waals surface area contributed by atoms with Gasteiger partial charge in [-0.05, 0) is 79.1 Å². The number of alkyl halides is 3. The van der Waals surface area contributed by atoms with Crippen LogP contribution in [0.5, 0.6) is 11.5 Å². The third-order valence-electron chi connectivity index (χ3n) is 10.4. The van der Waals surface area contributed by atoms with Gasteiger partial charge in [-0.1, -0.05) is 41.2 Å². The van der Waals surface area contributed by atoms with E-state index in [1.165, 1.54) is 24.1 Å². The van der Waals surface area contributed by atoms with Gasteiger partial charge < -0.3 is 19.8 Å². The lowest BCUT2D eigenvalue weighted by Crippen LogP contribution is -2.42. The molecular weight excluding hydrogens is 692 g/mol. The Morgan fingerprint density at radius 1 is 0.980 bits per heavy atom. The number of benzene rings is 3. The van der Waals surface area contributed by atoms with Crippen molar-refractivity contribution in [2.75, 3.05) is 23.9 Å². The Morgan fingerprint density at radius 2 is 1.72 bits per heavy atom. The molecule has 1 saturated heterocycles. The van der Waals surface area contributed by atoms with Gasteiger partial charge in [-0.3, -0.25) is 24.1 Å². The van der Waals surface area contributed by atoms with Crippen LogP contribution in [0.3, 0.4) is 0 Å². The number of methoxy groups -OCH3 is 1. The number of ether oxygens (including phenoxy) is 2. The standard InChI is InChI=1S/C36H30F3N3O6S2/c1-16-6-9-20(10-7-16)42-33(44)28-21-14-22(29(28)34(42)45)30-27(21)26(31-32(49-30)41-35(46)50-31)17-8-11-23(24(12-17)47-2)48-15-25(43)40-19-5-3-4-18(13-19)36(37,38)39/h3-13,21-22,26-30H,14-15H2,1-2H3,(H,40,43)(H,41,46)/t21-,22-,26-,27?,28?,29?,30?/m1/s1. The van der Waals surface area contributed by atoms with Crippen molar-refractivity contribution < 1.29 is 37.0 Å². The Bertz CT molecular complexity index is 2100. The molecule has 2 aliphatic heterocycles. The van der Waals surface area contributed by atoms with Crippen molar-refractivity contribution in [3.63, 3.8) is 0 Å². The summed E-state index contributed by atoms with van der Waals surface area (Å²) in [5.74, 6) is -1.68. The first kappa shape index (κ1) is 32.6. The SMILES string of the molecule is COc1cc([C@H]2c3sc(=O)[nH]c3SC3C2[C@H]2C[C@@H]3C3C(=O)N(c4ccc(C)cc4)C(=O)C32)ccc1OCC(=O)Nc1cccc(C(F)(F)F)c1. The fraction of sp³-hybridized carbons (Fsp3) is 0.333. The van der Waals surface area contributed by atoms with E-state index < -0.39 is 36.1 Å². The summed E-state index contributed by atoms with van der Waals surface area (Å²) in [7, 11) is 1.46. The van der Waals surface area contributed by atoms with E-state index in [4.69, 9.17) is 9.47 Å². The van der Waals surface area contributed by atoms with Crippen LogP contribution in [0.15, 0.2) is 76.6 Å². The molecule has 2 N–H and O–H groups in total. The summed E-state index contributed by atoms with van der Waals surface area (Å²) in [5, 5.41) is 3.20. The molecule has 1 aromatic heterocycles. The number of fused-ring (bicyclic) bond motifs is 9. The first-order valence-electron chi connectivity index (χ1n) is 16.0. The largest absolute Gasteiger partial charge is 0.493 e. The van der Waals surface area contributed by atoms with Gasteiger partial charge in [-0.25, -0.2) is 0 Å². The Kier molecular flexibility index (Phi) is 7.86. The van der Waals surface area contributed by atoms with Crippen molar-refractivity contribution in [1.82, 2.24) is 4.98 Å². The smallest absolute Gasteiger partial charge is 0.416 e. The van der Waals surface area contributed by atoms with E-state index in [9.17, 15) is 32.3 Å². The molecule has 4 aromatic rings. The maximum atomic E-state index is 14.0. The number of imide groups is 1. The first-order valence-corrected chi connectivity index (χ1v) is 17.7. The van der Waals surface area contributed by atoms with Crippen molar-refractivity contribution in [2.24, 2.45) is 29.6 Å². The molecule has 2 bridgehead atoms. The highest BCUT2D eigenvalue weighted by Crippen LogP contribution is 2.68. The fourth-order valence-corrected chi connectivity index (χ4v) is 11.3. The number of anilines is 2. The average molecular weight is 722 g/mol. The predicted molar refractivity (Wildman–Crippen MR) is 181 cm³/mol. The number of halogens is 3. The number of H-pyrrole nitrogens is 1. The van der Waals surface area contributed by atoms with Crippen LogP contribution in [-0.2, 0) is 20.6 Å². The predicted octanol–water partition coefficient (Wildman–Crippen LogP) is 6.47. The third kappa shape index (κ3) is 5.31. The maximum Gasteiger partial charge on any atom is 0.416 e. The van der Waals surface area contributed by atoms with E-state index in [2.05, 4.69) is 10.3 Å². The lowest BCUT2D eigenvalue weighted by atomic mass is 9.68. The minimum atomic E-state index is -4.55. The molecule has 2 aliphatic carbocycles. The van der Waals surface area contributed by atoms with Gasteiger partial charge in [0.15, 0.2) is 18.1 Å². The van der Waals surface area contributed by atoms with Gasteiger partial charge in [0.05, 0.1) is 35.2 Å². The van der Waals surface area contributed by atoms with E-state index in [0.29, 0.717) is 11.4 Å². The van der Waals surface area contributed by atoms with E-state index in [1.807, 2.05) is 37.3 Å². The second-order valence-electron chi connectivity index (χ2n) is 13.1. The summed E-state index contributed by atoms with van der Waals surface area (Å²) >= 11 is 2.74. The zero-order chi connectivity index (χ0) is 35.1. The molecule has 3 heterocycles. The molecule has 0 radical (unpaired) electrons. The van der Waals surface area contributed by atoms with Gasteiger partial charge in [0.1, 0.15) is 0 Å². The summed E-state index contributed by atoms with van der Waals surface area (Å²) in [6.07, 6.45) is -3.81.